The van der Waals surface area contributed by atoms with E-state index in [4.69, 9.17) is 0 Å². The summed E-state index contributed by atoms with van der Waals surface area (Å²) in [6.45, 7) is 2.09. The highest BCUT2D eigenvalue weighted by atomic mass is 79.9. The highest BCUT2D eigenvalue weighted by Crippen LogP contribution is 2.38. The van der Waals surface area contributed by atoms with Gasteiger partial charge in [0.1, 0.15) is 11.6 Å². The third-order valence-electron chi connectivity index (χ3n) is 4.73. The summed E-state index contributed by atoms with van der Waals surface area (Å²) in [5.74, 6) is -3.18. The van der Waals surface area contributed by atoms with Gasteiger partial charge >= 0.3 is 0 Å². The summed E-state index contributed by atoms with van der Waals surface area (Å²) in [5.41, 5.74) is 0.861. The predicted molar refractivity (Wildman–Crippen MR) is 112 cm³/mol. The molecule has 2 aromatic carbocycles. The fourth-order valence-electron chi connectivity index (χ4n) is 3.29. The van der Waals surface area contributed by atoms with Crippen LogP contribution in [0.3, 0.4) is 0 Å². The summed E-state index contributed by atoms with van der Waals surface area (Å²) in [5, 5.41) is 2.24. The largest absolute Gasteiger partial charge is 0.324 e. The van der Waals surface area contributed by atoms with Crippen LogP contribution in [0.5, 0.6) is 0 Å². The highest BCUT2D eigenvalue weighted by molar-refractivity contribution is 9.10. The Hall–Kier alpha value is -2.33. The number of fused-ring (bicyclic) bond motifs is 1. The van der Waals surface area contributed by atoms with Crippen LogP contribution in [0.4, 0.5) is 20.2 Å². The van der Waals surface area contributed by atoms with Crippen LogP contribution in [0.15, 0.2) is 39.7 Å². The van der Waals surface area contributed by atoms with Crippen molar-refractivity contribution in [1.29, 1.82) is 0 Å². The van der Waals surface area contributed by atoms with Crippen LogP contribution in [0.2, 0.25) is 0 Å². The van der Waals surface area contributed by atoms with Gasteiger partial charge in [0.05, 0.1) is 22.0 Å². The van der Waals surface area contributed by atoms with E-state index in [1.165, 1.54) is 11.0 Å². The first kappa shape index (κ1) is 22.4. The van der Waals surface area contributed by atoms with Crippen molar-refractivity contribution in [2.75, 3.05) is 22.5 Å². The molecular formula is C20H19BrF2N2O4S. The summed E-state index contributed by atoms with van der Waals surface area (Å²) in [6.07, 6.45) is 0.343. The van der Waals surface area contributed by atoms with Gasteiger partial charge in [0.25, 0.3) is 0 Å². The van der Waals surface area contributed by atoms with Crippen molar-refractivity contribution >= 4 is 49.0 Å². The van der Waals surface area contributed by atoms with Crippen LogP contribution >= 0.6 is 15.9 Å². The molecule has 0 bridgehead atoms. The lowest BCUT2D eigenvalue weighted by Gasteiger charge is -2.20. The van der Waals surface area contributed by atoms with E-state index < -0.39 is 39.6 Å². The summed E-state index contributed by atoms with van der Waals surface area (Å²) in [7, 11) is -3.93. The quantitative estimate of drug-likeness (QED) is 0.653. The number of hydrogen-bond acceptors (Lipinski definition) is 4. The number of rotatable bonds is 6. The number of amides is 2. The number of hydrogen-bond donors (Lipinski definition) is 1. The first-order valence-corrected chi connectivity index (χ1v) is 11.7. The third kappa shape index (κ3) is 4.70. The second-order valence-corrected chi connectivity index (χ2v) is 9.80. The van der Waals surface area contributed by atoms with Gasteiger partial charge in [-0.15, -0.1) is 0 Å². The predicted octanol–water partition coefficient (Wildman–Crippen LogP) is 3.83. The molecule has 30 heavy (non-hydrogen) atoms. The van der Waals surface area contributed by atoms with Crippen molar-refractivity contribution in [3.63, 3.8) is 0 Å². The number of benzene rings is 2. The Kier molecular flexibility index (Phi) is 6.56. The summed E-state index contributed by atoms with van der Waals surface area (Å²) in [6, 6.07) is 5.87. The minimum atomic E-state index is -3.93. The molecule has 6 nitrogen and oxygen atoms in total. The maximum atomic E-state index is 13.7. The number of halogens is 3. The average molecular weight is 501 g/mol. The molecule has 3 rings (SSSR count). The van der Waals surface area contributed by atoms with Crippen molar-refractivity contribution in [2.24, 2.45) is 0 Å². The number of nitrogens with zero attached hydrogens (tertiary/aromatic N) is 1. The molecule has 1 N–H and O–H groups in total. The first-order valence-electron chi connectivity index (χ1n) is 9.23. The van der Waals surface area contributed by atoms with Gasteiger partial charge in [-0.3, -0.25) is 9.59 Å². The Bertz CT molecular complexity index is 1120. The molecular weight excluding hydrogens is 482 g/mol. The van der Waals surface area contributed by atoms with E-state index in [2.05, 4.69) is 21.2 Å². The minimum Gasteiger partial charge on any atom is -0.324 e. The minimum absolute atomic E-state index is 0.0214. The van der Waals surface area contributed by atoms with E-state index in [9.17, 15) is 26.8 Å². The smallest absolute Gasteiger partial charge is 0.226 e. The molecule has 160 valence electrons. The number of anilines is 2. The van der Waals surface area contributed by atoms with Crippen molar-refractivity contribution in [1.82, 2.24) is 0 Å². The number of sulfone groups is 1. The van der Waals surface area contributed by atoms with Crippen LogP contribution in [-0.4, -0.2) is 32.5 Å². The van der Waals surface area contributed by atoms with Gasteiger partial charge in [0.15, 0.2) is 9.84 Å². The van der Waals surface area contributed by atoms with Crippen molar-refractivity contribution in [3.8, 4) is 0 Å². The van der Waals surface area contributed by atoms with Gasteiger partial charge < -0.3 is 10.2 Å². The molecule has 0 spiro atoms. The molecule has 0 aliphatic carbocycles. The zero-order chi connectivity index (χ0) is 22.1. The standard InChI is InChI=1S/C20H19BrF2N2O4S/c1-2-19(27)25-7-5-12-9-13(21)10-17(20(12)25)30(28,29)8-6-18(26)24-16-4-3-14(22)11-15(16)23/h3-4,9-11H,2,5-8H2,1H3,(H,24,26). The molecule has 2 aromatic rings. The maximum absolute atomic E-state index is 13.7. The fourth-order valence-corrected chi connectivity index (χ4v) is 5.46. The van der Waals surface area contributed by atoms with Gasteiger partial charge in [-0.1, -0.05) is 22.9 Å². The molecule has 0 saturated carbocycles. The van der Waals surface area contributed by atoms with Gasteiger partial charge in [-0.25, -0.2) is 17.2 Å². The molecule has 0 saturated heterocycles. The first-order chi connectivity index (χ1) is 14.1. The molecule has 0 fully saturated rings. The van der Waals surface area contributed by atoms with Crippen LogP contribution < -0.4 is 10.2 Å². The molecule has 1 heterocycles. The number of carbonyl (C=O) groups is 2. The second-order valence-electron chi connectivity index (χ2n) is 6.80. The van der Waals surface area contributed by atoms with E-state index in [-0.39, 0.29) is 22.9 Å². The molecule has 1 aliphatic rings. The van der Waals surface area contributed by atoms with Crippen LogP contribution in [-0.2, 0) is 25.8 Å². The Morgan fingerprint density at radius 1 is 1.20 bits per heavy atom. The number of nitrogens with one attached hydrogen (secondary N) is 1. The second kappa shape index (κ2) is 8.81. The van der Waals surface area contributed by atoms with Gasteiger partial charge in [0.2, 0.25) is 11.8 Å². The molecule has 10 heteroatoms. The SMILES string of the molecule is CCC(=O)N1CCc2cc(Br)cc(S(=O)(=O)CCC(=O)Nc3ccc(F)cc3F)c21. The molecule has 0 atom stereocenters. The zero-order valence-electron chi connectivity index (χ0n) is 16.0. The molecule has 0 aromatic heterocycles. The van der Waals surface area contributed by atoms with E-state index >= 15 is 0 Å². The zero-order valence-corrected chi connectivity index (χ0v) is 18.4. The van der Waals surface area contributed by atoms with E-state index in [1.54, 1.807) is 13.0 Å². The van der Waals surface area contributed by atoms with Crippen LogP contribution in [0.25, 0.3) is 0 Å². The molecule has 2 amide bonds. The van der Waals surface area contributed by atoms with E-state index in [0.29, 0.717) is 29.2 Å². The van der Waals surface area contributed by atoms with Gasteiger partial charge in [-0.2, -0.15) is 0 Å². The maximum Gasteiger partial charge on any atom is 0.226 e. The summed E-state index contributed by atoms with van der Waals surface area (Å²) < 4.78 is 53.2. The molecule has 0 unspecified atom stereocenters. The lowest BCUT2D eigenvalue weighted by Crippen LogP contribution is -2.29. The Morgan fingerprint density at radius 2 is 1.93 bits per heavy atom. The fraction of sp³-hybridized carbons (Fsp3) is 0.300. The van der Waals surface area contributed by atoms with Crippen LogP contribution in [0, 0.1) is 11.6 Å². The Morgan fingerprint density at radius 3 is 2.60 bits per heavy atom. The van der Waals surface area contributed by atoms with E-state index in [1.807, 2.05) is 0 Å². The lowest BCUT2D eigenvalue weighted by atomic mass is 10.2. The van der Waals surface area contributed by atoms with Crippen molar-refractivity contribution < 1.29 is 26.8 Å². The topological polar surface area (TPSA) is 83.6 Å². The summed E-state index contributed by atoms with van der Waals surface area (Å²) >= 11 is 3.30. The number of carbonyl (C=O) groups excluding carboxylic acids is 2. The average Bonchev–Trinajstić information content (AvgIpc) is 3.11. The normalized spacial score (nSPS) is 13.3. The van der Waals surface area contributed by atoms with Crippen molar-refractivity contribution in [3.05, 3.63) is 52.0 Å². The lowest BCUT2D eigenvalue weighted by molar-refractivity contribution is -0.118. The van der Waals surface area contributed by atoms with E-state index in [0.717, 1.165) is 17.7 Å². The Balaban J connectivity index is 1.81. The molecule has 0 radical (unpaired) electrons. The highest BCUT2D eigenvalue weighted by Gasteiger charge is 2.32. The third-order valence-corrected chi connectivity index (χ3v) is 6.92. The van der Waals surface area contributed by atoms with Gasteiger partial charge in [-0.05, 0) is 36.2 Å². The molecule has 1 aliphatic heterocycles. The van der Waals surface area contributed by atoms with Gasteiger partial charge in [0, 0.05) is 29.9 Å². The monoisotopic (exact) mass is 500 g/mol. The van der Waals surface area contributed by atoms with Crippen molar-refractivity contribution in [2.45, 2.75) is 31.1 Å². The van der Waals surface area contributed by atoms with Crippen LogP contribution in [0.1, 0.15) is 25.3 Å². The Labute approximate surface area is 181 Å². The summed E-state index contributed by atoms with van der Waals surface area (Å²) in [4.78, 5) is 25.8.